The molecule has 1 saturated heterocycles. The van der Waals surface area contributed by atoms with Gasteiger partial charge < -0.3 is 9.80 Å². The number of carbonyl (C=O) groups excluding carboxylic acids is 1. The molecule has 1 amide bonds. The van der Waals surface area contributed by atoms with E-state index in [0.29, 0.717) is 24.2 Å². The van der Waals surface area contributed by atoms with Crippen LogP contribution in [0.2, 0.25) is 0 Å². The van der Waals surface area contributed by atoms with Gasteiger partial charge in [-0.25, -0.2) is 4.98 Å². The molecule has 0 unspecified atom stereocenters. The van der Waals surface area contributed by atoms with Gasteiger partial charge in [0.1, 0.15) is 11.9 Å². The number of piperazine rings is 1. The number of hydrogen-bond acceptors (Lipinski definition) is 5. The maximum absolute atomic E-state index is 12.7. The Labute approximate surface area is 141 Å². The van der Waals surface area contributed by atoms with Gasteiger partial charge in [0, 0.05) is 49.3 Å². The highest BCUT2D eigenvalue weighted by molar-refractivity contribution is 5.94. The predicted molar refractivity (Wildman–Crippen MR) is 90.8 cm³/mol. The number of pyridine rings is 2. The number of rotatable bonds is 2. The molecule has 0 bridgehead atoms. The zero-order valence-corrected chi connectivity index (χ0v) is 13.9. The minimum atomic E-state index is 0.0519. The molecule has 2 aromatic rings. The summed E-state index contributed by atoms with van der Waals surface area (Å²) in [6.07, 6.45) is 1.58. The third kappa shape index (κ3) is 3.35. The van der Waals surface area contributed by atoms with Gasteiger partial charge in [-0.2, -0.15) is 5.26 Å². The van der Waals surface area contributed by atoms with Gasteiger partial charge in [-0.3, -0.25) is 9.78 Å². The van der Waals surface area contributed by atoms with E-state index in [-0.39, 0.29) is 5.91 Å². The molecular formula is C18H19N5O. The maximum atomic E-state index is 12.7. The predicted octanol–water partition coefficient (Wildman–Crippen LogP) is 1.93. The Morgan fingerprint density at radius 1 is 1.12 bits per heavy atom. The quantitative estimate of drug-likeness (QED) is 0.845. The lowest BCUT2D eigenvalue weighted by Crippen LogP contribution is -2.49. The molecular weight excluding hydrogens is 302 g/mol. The van der Waals surface area contributed by atoms with E-state index in [1.54, 1.807) is 12.3 Å². The van der Waals surface area contributed by atoms with Crippen LogP contribution in [0.1, 0.15) is 27.3 Å². The molecule has 3 rings (SSSR count). The average Bonchev–Trinajstić information content (AvgIpc) is 2.60. The fourth-order valence-electron chi connectivity index (χ4n) is 2.92. The standard InChI is InChI=1S/C18H19N5O/c1-13-9-16(10-14(2)21-13)18(24)23-7-5-22(6-8-23)17-4-3-15(11-19)12-20-17/h3-4,9-10,12H,5-8H2,1-2H3. The number of aromatic nitrogens is 2. The third-order valence-electron chi connectivity index (χ3n) is 4.10. The first-order valence-electron chi connectivity index (χ1n) is 7.92. The van der Waals surface area contributed by atoms with Crippen molar-refractivity contribution in [3.63, 3.8) is 0 Å². The van der Waals surface area contributed by atoms with Gasteiger partial charge in [-0.15, -0.1) is 0 Å². The Balaban J connectivity index is 1.66. The highest BCUT2D eigenvalue weighted by atomic mass is 16.2. The second kappa shape index (κ2) is 6.67. The number of anilines is 1. The van der Waals surface area contributed by atoms with Gasteiger partial charge >= 0.3 is 0 Å². The number of nitriles is 1. The number of amides is 1. The van der Waals surface area contributed by atoms with Crippen LogP contribution >= 0.6 is 0 Å². The van der Waals surface area contributed by atoms with E-state index in [2.05, 4.69) is 20.9 Å². The highest BCUT2D eigenvalue weighted by Crippen LogP contribution is 2.16. The smallest absolute Gasteiger partial charge is 0.254 e. The summed E-state index contributed by atoms with van der Waals surface area (Å²) >= 11 is 0. The maximum Gasteiger partial charge on any atom is 0.254 e. The molecule has 0 N–H and O–H groups in total. The van der Waals surface area contributed by atoms with Crippen molar-refractivity contribution in [1.29, 1.82) is 5.26 Å². The number of carbonyl (C=O) groups is 1. The van der Waals surface area contributed by atoms with Crippen molar-refractivity contribution in [2.24, 2.45) is 0 Å². The van der Waals surface area contributed by atoms with Crippen molar-refractivity contribution in [3.8, 4) is 6.07 Å². The van der Waals surface area contributed by atoms with Gasteiger partial charge in [-0.1, -0.05) is 0 Å². The van der Waals surface area contributed by atoms with Crippen LogP contribution < -0.4 is 4.90 Å². The molecule has 0 saturated carbocycles. The molecule has 0 atom stereocenters. The second-order valence-corrected chi connectivity index (χ2v) is 5.93. The highest BCUT2D eigenvalue weighted by Gasteiger charge is 2.23. The minimum absolute atomic E-state index is 0.0519. The van der Waals surface area contributed by atoms with E-state index in [0.717, 1.165) is 30.3 Å². The summed E-state index contributed by atoms with van der Waals surface area (Å²) in [7, 11) is 0. The molecule has 3 heterocycles. The van der Waals surface area contributed by atoms with Crippen LogP contribution in [-0.2, 0) is 0 Å². The molecule has 1 aliphatic heterocycles. The van der Waals surface area contributed by atoms with Gasteiger partial charge in [0.05, 0.1) is 5.56 Å². The van der Waals surface area contributed by atoms with Gasteiger partial charge in [-0.05, 0) is 38.1 Å². The SMILES string of the molecule is Cc1cc(C(=O)N2CCN(c3ccc(C#N)cn3)CC2)cc(C)n1. The first-order valence-corrected chi connectivity index (χ1v) is 7.92. The zero-order chi connectivity index (χ0) is 17.1. The summed E-state index contributed by atoms with van der Waals surface area (Å²) in [5.74, 6) is 0.896. The van der Waals surface area contributed by atoms with Gasteiger partial charge in [0.15, 0.2) is 0 Å². The minimum Gasteiger partial charge on any atom is -0.353 e. The van der Waals surface area contributed by atoms with Gasteiger partial charge in [0.2, 0.25) is 0 Å². The normalized spacial score (nSPS) is 14.4. The summed E-state index contributed by atoms with van der Waals surface area (Å²) in [6, 6.07) is 9.36. The molecule has 1 aliphatic rings. The molecule has 0 aromatic carbocycles. The molecule has 24 heavy (non-hydrogen) atoms. The Morgan fingerprint density at radius 3 is 2.33 bits per heavy atom. The fourth-order valence-corrected chi connectivity index (χ4v) is 2.92. The van der Waals surface area contributed by atoms with E-state index < -0.39 is 0 Å². The molecule has 6 heteroatoms. The lowest BCUT2D eigenvalue weighted by atomic mass is 10.1. The summed E-state index contributed by atoms with van der Waals surface area (Å²) in [5.41, 5.74) is 2.97. The third-order valence-corrected chi connectivity index (χ3v) is 4.10. The van der Waals surface area contributed by atoms with Crippen molar-refractivity contribution in [3.05, 3.63) is 53.0 Å². The van der Waals surface area contributed by atoms with Crippen LogP contribution in [0.4, 0.5) is 5.82 Å². The molecule has 0 radical (unpaired) electrons. The molecule has 2 aromatic heterocycles. The van der Waals surface area contributed by atoms with Crippen molar-refractivity contribution in [2.75, 3.05) is 31.1 Å². The van der Waals surface area contributed by atoms with Crippen LogP contribution in [0.3, 0.4) is 0 Å². The van der Waals surface area contributed by atoms with Crippen molar-refractivity contribution >= 4 is 11.7 Å². The Bertz CT molecular complexity index is 766. The Kier molecular flexibility index (Phi) is 4.43. The molecule has 122 valence electrons. The number of aryl methyl sites for hydroxylation is 2. The largest absolute Gasteiger partial charge is 0.353 e. The van der Waals surface area contributed by atoms with E-state index in [1.165, 1.54) is 0 Å². The van der Waals surface area contributed by atoms with Crippen LogP contribution in [-0.4, -0.2) is 47.0 Å². The summed E-state index contributed by atoms with van der Waals surface area (Å²) in [5, 5.41) is 8.83. The van der Waals surface area contributed by atoms with Crippen LogP contribution in [0.5, 0.6) is 0 Å². The second-order valence-electron chi connectivity index (χ2n) is 5.93. The summed E-state index contributed by atoms with van der Waals surface area (Å²) in [4.78, 5) is 25.3. The van der Waals surface area contributed by atoms with Crippen LogP contribution in [0.15, 0.2) is 30.5 Å². The summed E-state index contributed by atoms with van der Waals surface area (Å²) < 4.78 is 0. The first-order chi connectivity index (χ1) is 11.6. The van der Waals surface area contributed by atoms with Crippen molar-refractivity contribution in [1.82, 2.24) is 14.9 Å². The lowest BCUT2D eigenvalue weighted by Gasteiger charge is -2.35. The summed E-state index contributed by atoms with van der Waals surface area (Å²) in [6.45, 7) is 6.57. The number of hydrogen-bond donors (Lipinski definition) is 0. The monoisotopic (exact) mass is 321 g/mol. The molecule has 0 aliphatic carbocycles. The Hall–Kier alpha value is -2.94. The van der Waals surface area contributed by atoms with E-state index >= 15 is 0 Å². The van der Waals surface area contributed by atoms with Crippen molar-refractivity contribution in [2.45, 2.75) is 13.8 Å². The molecule has 6 nitrogen and oxygen atoms in total. The van der Waals surface area contributed by atoms with Gasteiger partial charge in [0.25, 0.3) is 5.91 Å². The van der Waals surface area contributed by atoms with E-state index in [4.69, 9.17) is 5.26 Å². The number of nitrogens with zero attached hydrogens (tertiary/aromatic N) is 5. The molecule has 0 spiro atoms. The van der Waals surface area contributed by atoms with E-state index in [9.17, 15) is 4.79 Å². The lowest BCUT2D eigenvalue weighted by molar-refractivity contribution is 0.0746. The average molecular weight is 321 g/mol. The zero-order valence-electron chi connectivity index (χ0n) is 13.9. The Morgan fingerprint density at radius 2 is 1.79 bits per heavy atom. The fraction of sp³-hybridized carbons (Fsp3) is 0.333. The van der Waals surface area contributed by atoms with Crippen molar-refractivity contribution < 1.29 is 4.79 Å². The molecule has 1 fully saturated rings. The topological polar surface area (TPSA) is 73.1 Å². The van der Waals surface area contributed by atoms with Crippen LogP contribution in [0, 0.1) is 25.2 Å². The van der Waals surface area contributed by atoms with Crippen LogP contribution in [0.25, 0.3) is 0 Å². The van der Waals surface area contributed by atoms with E-state index in [1.807, 2.05) is 36.9 Å². The first kappa shape index (κ1) is 15.9.